The number of nitrogens with zero attached hydrogens (tertiary/aromatic N) is 3. The molecule has 33 heavy (non-hydrogen) atoms. The lowest BCUT2D eigenvalue weighted by Crippen LogP contribution is -2.36. The number of fused-ring (bicyclic) bond motifs is 1. The van der Waals surface area contributed by atoms with E-state index in [1.54, 1.807) is 0 Å². The highest BCUT2D eigenvalue weighted by molar-refractivity contribution is 8.01. The molecule has 0 saturated heterocycles. The van der Waals surface area contributed by atoms with Gasteiger partial charge in [0.2, 0.25) is 11.0 Å². The second-order valence-electron chi connectivity index (χ2n) is 7.50. The van der Waals surface area contributed by atoms with Gasteiger partial charge in [0.15, 0.2) is 4.34 Å². The highest BCUT2D eigenvalue weighted by Gasteiger charge is 2.22. The molecule has 1 aliphatic heterocycles. The molecule has 5 rings (SSSR count). The normalized spacial score (nSPS) is 12.8. The smallest absolute Gasteiger partial charge is 0.237 e. The van der Waals surface area contributed by atoms with Gasteiger partial charge < -0.3 is 15.0 Å². The first-order chi connectivity index (χ1) is 16.2. The number of rotatable bonds is 7. The highest BCUT2D eigenvalue weighted by Crippen LogP contribution is 2.31. The van der Waals surface area contributed by atoms with Gasteiger partial charge in [0.1, 0.15) is 11.5 Å². The Balaban J connectivity index is 1.15. The Morgan fingerprint density at radius 1 is 0.970 bits per heavy atom. The van der Waals surface area contributed by atoms with Crippen LogP contribution in [0.25, 0.3) is 0 Å². The molecule has 0 aliphatic carbocycles. The summed E-state index contributed by atoms with van der Waals surface area (Å²) in [6.45, 7) is 0.767. The molecule has 0 spiro atoms. The largest absolute Gasteiger partial charge is 0.457 e. The number of thioether (sulfide) groups is 1. The third kappa shape index (κ3) is 5.35. The van der Waals surface area contributed by atoms with Crippen LogP contribution in [0.1, 0.15) is 12.0 Å². The zero-order chi connectivity index (χ0) is 22.5. The lowest BCUT2D eigenvalue weighted by molar-refractivity contribution is -0.116. The number of aryl methyl sites for hydroxylation is 1. The molecule has 0 bridgehead atoms. The van der Waals surface area contributed by atoms with Crippen molar-refractivity contribution in [3.8, 4) is 11.5 Å². The van der Waals surface area contributed by atoms with Gasteiger partial charge in [0, 0.05) is 17.9 Å². The Hall–Kier alpha value is -3.36. The summed E-state index contributed by atoms with van der Waals surface area (Å²) < 4.78 is 6.59. The molecule has 0 atom stereocenters. The number of amides is 1. The molecule has 166 valence electrons. The van der Waals surface area contributed by atoms with Crippen molar-refractivity contribution in [2.75, 3.05) is 22.5 Å². The Bertz CT molecular complexity index is 1230. The molecular formula is C25H22N4O2S2. The number of benzene rings is 3. The number of anilines is 3. The molecule has 0 saturated carbocycles. The number of para-hydroxylation sites is 2. The van der Waals surface area contributed by atoms with Crippen LogP contribution in [-0.2, 0) is 11.2 Å². The Morgan fingerprint density at radius 3 is 2.58 bits per heavy atom. The van der Waals surface area contributed by atoms with E-state index >= 15 is 0 Å². The first kappa shape index (κ1) is 21.5. The molecule has 3 aromatic carbocycles. The molecule has 1 amide bonds. The fourth-order valence-corrected chi connectivity index (χ4v) is 5.32. The topological polar surface area (TPSA) is 67.3 Å². The van der Waals surface area contributed by atoms with Crippen molar-refractivity contribution in [3.05, 3.63) is 84.4 Å². The van der Waals surface area contributed by atoms with Crippen molar-refractivity contribution in [3.63, 3.8) is 0 Å². The molecule has 0 fully saturated rings. The summed E-state index contributed by atoms with van der Waals surface area (Å²) in [5.41, 5.74) is 3.17. The summed E-state index contributed by atoms with van der Waals surface area (Å²) in [6, 6.07) is 25.5. The molecule has 8 heteroatoms. The summed E-state index contributed by atoms with van der Waals surface area (Å²) in [4.78, 5) is 14.7. The number of aromatic nitrogens is 2. The summed E-state index contributed by atoms with van der Waals surface area (Å²) in [5.74, 6) is 2.00. The van der Waals surface area contributed by atoms with Gasteiger partial charge in [-0.15, -0.1) is 10.2 Å². The molecule has 0 radical (unpaired) electrons. The van der Waals surface area contributed by atoms with Crippen molar-refractivity contribution in [2.45, 2.75) is 17.2 Å². The van der Waals surface area contributed by atoms with Crippen LogP contribution in [0, 0.1) is 0 Å². The van der Waals surface area contributed by atoms with Gasteiger partial charge >= 0.3 is 0 Å². The average molecular weight is 475 g/mol. The van der Waals surface area contributed by atoms with E-state index in [0.29, 0.717) is 10.9 Å². The second-order valence-corrected chi connectivity index (χ2v) is 9.70. The molecule has 1 N–H and O–H groups in total. The van der Waals surface area contributed by atoms with Gasteiger partial charge in [-0.25, -0.2) is 0 Å². The maximum atomic E-state index is 12.8. The van der Waals surface area contributed by atoms with E-state index in [1.165, 1.54) is 28.7 Å². The first-order valence-corrected chi connectivity index (χ1v) is 12.5. The molecule has 1 aromatic heterocycles. The number of carbonyl (C=O) groups is 1. The Labute approximate surface area is 200 Å². The fourth-order valence-electron chi connectivity index (χ4n) is 3.67. The number of carbonyl (C=O) groups excluding carboxylic acids is 1. The zero-order valence-electron chi connectivity index (χ0n) is 17.8. The zero-order valence-corrected chi connectivity index (χ0v) is 19.4. The highest BCUT2D eigenvalue weighted by atomic mass is 32.2. The Morgan fingerprint density at radius 2 is 1.73 bits per heavy atom. The van der Waals surface area contributed by atoms with Crippen molar-refractivity contribution in [1.82, 2.24) is 10.2 Å². The molecular weight excluding hydrogens is 452 g/mol. The predicted octanol–water partition coefficient (Wildman–Crippen LogP) is 6.15. The van der Waals surface area contributed by atoms with Crippen LogP contribution in [0.3, 0.4) is 0 Å². The molecule has 2 heterocycles. The van der Waals surface area contributed by atoms with E-state index in [0.717, 1.165) is 46.6 Å². The van der Waals surface area contributed by atoms with Crippen molar-refractivity contribution in [2.24, 2.45) is 0 Å². The van der Waals surface area contributed by atoms with Gasteiger partial charge in [-0.2, -0.15) is 0 Å². The predicted molar refractivity (Wildman–Crippen MR) is 134 cm³/mol. The molecule has 0 unspecified atom stereocenters. The number of hydrogen-bond acceptors (Lipinski definition) is 7. The van der Waals surface area contributed by atoms with Crippen molar-refractivity contribution < 1.29 is 9.53 Å². The quantitative estimate of drug-likeness (QED) is 0.324. The van der Waals surface area contributed by atoms with E-state index in [4.69, 9.17) is 4.74 Å². The minimum absolute atomic E-state index is 0.103. The van der Waals surface area contributed by atoms with Crippen LogP contribution < -0.4 is 15.0 Å². The van der Waals surface area contributed by atoms with E-state index < -0.39 is 0 Å². The fraction of sp³-hybridized carbons (Fsp3) is 0.160. The van der Waals surface area contributed by atoms with Crippen molar-refractivity contribution in [1.29, 1.82) is 0 Å². The van der Waals surface area contributed by atoms with Crippen molar-refractivity contribution >= 4 is 45.5 Å². The maximum Gasteiger partial charge on any atom is 0.237 e. The molecule has 6 nitrogen and oxygen atoms in total. The van der Waals surface area contributed by atoms with Crippen LogP contribution in [0.5, 0.6) is 11.5 Å². The number of hydrogen-bond donors (Lipinski definition) is 1. The lowest BCUT2D eigenvalue weighted by Gasteiger charge is -2.29. The first-order valence-electron chi connectivity index (χ1n) is 10.7. The van der Waals surface area contributed by atoms with Gasteiger partial charge in [-0.3, -0.25) is 4.79 Å². The standard InChI is InChI=1S/C25H22N4O2S2/c30-23(29-16-6-8-18-7-4-5-11-22(18)29)17-32-25-28-27-24(33-25)26-19-12-14-21(15-13-19)31-20-9-2-1-3-10-20/h1-5,7,9-15H,6,8,16-17H2,(H,26,27). The van der Waals surface area contributed by atoms with Crippen LogP contribution in [0.2, 0.25) is 0 Å². The second kappa shape index (κ2) is 10.1. The average Bonchev–Trinajstić information content (AvgIpc) is 3.31. The third-order valence-corrected chi connectivity index (χ3v) is 7.18. The monoisotopic (exact) mass is 474 g/mol. The maximum absolute atomic E-state index is 12.8. The SMILES string of the molecule is O=C(CSc1nnc(Nc2ccc(Oc3ccccc3)cc2)s1)N1CCCc2ccccc21. The van der Waals surface area contributed by atoms with E-state index in [2.05, 4.69) is 21.6 Å². The summed E-state index contributed by atoms with van der Waals surface area (Å²) in [5, 5.41) is 12.4. The Kier molecular flexibility index (Phi) is 6.55. The van der Waals surface area contributed by atoms with Gasteiger partial charge in [-0.1, -0.05) is 59.5 Å². The van der Waals surface area contributed by atoms with Crippen LogP contribution in [0.15, 0.2) is 83.2 Å². The number of ether oxygens (including phenoxy) is 1. The van der Waals surface area contributed by atoms with E-state index in [9.17, 15) is 4.79 Å². The van der Waals surface area contributed by atoms with Gasteiger partial charge in [-0.05, 0) is 60.9 Å². The summed E-state index contributed by atoms with van der Waals surface area (Å²) in [7, 11) is 0. The number of nitrogens with one attached hydrogen (secondary N) is 1. The third-order valence-electron chi connectivity index (χ3n) is 5.22. The summed E-state index contributed by atoms with van der Waals surface area (Å²) >= 11 is 2.86. The minimum atomic E-state index is 0.103. The minimum Gasteiger partial charge on any atom is -0.457 e. The lowest BCUT2D eigenvalue weighted by atomic mass is 10.0. The van der Waals surface area contributed by atoms with Gasteiger partial charge in [0.25, 0.3) is 0 Å². The van der Waals surface area contributed by atoms with Crippen LogP contribution in [-0.4, -0.2) is 28.4 Å². The van der Waals surface area contributed by atoms with Gasteiger partial charge in [0.05, 0.1) is 5.75 Å². The van der Waals surface area contributed by atoms with Crippen LogP contribution in [0.4, 0.5) is 16.5 Å². The van der Waals surface area contributed by atoms with E-state index in [-0.39, 0.29) is 5.91 Å². The summed E-state index contributed by atoms with van der Waals surface area (Å²) in [6.07, 6.45) is 2.02. The molecule has 1 aliphatic rings. The van der Waals surface area contributed by atoms with E-state index in [1.807, 2.05) is 77.7 Å². The van der Waals surface area contributed by atoms with Crippen LogP contribution >= 0.6 is 23.1 Å². The molecule has 4 aromatic rings.